The second-order valence-corrected chi connectivity index (χ2v) is 6.25. The summed E-state index contributed by atoms with van der Waals surface area (Å²) in [7, 11) is 0. The third-order valence-corrected chi connectivity index (χ3v) is 4.64. The molecule has 1 aromatic rings. The van der Waals surface area contributed by atoms with Crippen molar-refractivity contribution in [2.45, 2.75) is 63.3 Å². The molecule has 1 aliphatic heterocycles. The van der Waals surface area contributed by atoms with E-state index in [-0.39, 0.29) is 0 Å². The van der Waals surface area contributed by atoms with Gasteiger partial charge in [-0.15, -0.1) is 0 Å². The van der Waals surface area contributed by atoms with Crippen LogP contribution in [0.5, 0.6) is 0 Å². The highest BCUT2D eigenvalue weighted by Gasteiger charge is 2.36. The number of aliphatic hydroxyl groups excluding tert-OH is 1. The molecule has 116 valence electrons. The van der Waals surface area contributed by atoms with E-state index in [1.165, 1.54) is 32.1 Å². The predicted octanol–water partition coefficient (Wildman–Crippen LogP) is 1.41. The van der Waals surface area contributed by atoms with E-state index in [0.717, 1.165) is 5.69 Å². The third kappa shape index (κ3) is 3.27. The van der Waals surface area contributed by atoms with Gasteiger partial charge in [0.15, 0.2) is 0 Å². The first-order valence-electron chi connectivity index (χ1n) is 7.82. The molecular formula is C15H23N3O3. The number of aliphatic carboxylic acids is 1. The highest BCUT2D eigenvalue weighted by Crippen LogP contribution is 2.28. The van der Waals surface area contributed by atoms with Gasteiger partial charge in [-0.1, -0.05) is 19.3 Å². The molecule has 2 aliphatic rings. The number of aromatic nitrogens is 2. The maximum atomic E-state index is 11.2. The first-order chi connectivity index (χ1) is 10.1. The Morgan fingerprint density at radius 2 is 2.10 bits per heavy atom. The summed E-state index contributed by atoms with van der Waals surface area (Å²) < 4.78 is 2.04. The number of hydrogen-bond acceptors (Lipinski definition) is 4. The summed E-state index contributed by atoms with van der Waals surface area (Å²) >= 11 is 0. The third-order valence-electron chi connectivity index (χ3n) is 4.64. The Kier molecular flexibility index (Phi) is 4.26. The molecule has 3 rings (SSSR count). The van der Waals surface area contributed by atoms with Crippen LogP contribution in [0.1, 0.15) is 50.3 Å². The van der Waals surface area contributed by atoms with Crippen LogP contribution in [-0.2, 0) is 11.3 Å². The van der Waals surface area contributed by atoms with Crippen molar-refractivity contribution in [2.24, 2.45) is 0 Å². The van der Waals surface area contributed by atoms with Crippen LogP contribution in [0.2, 0.25) is 0 Å². The lowest BCUT2D eigenvalue weighted by Crippen LogP contribution is -2.35. The number of rotatable bonds is 4. The molecule has 2 N–H and O–H groups in total. The monoisotopic (exact) mass is 293 g/mol. The summed E-state index contributed by atoms with van der Waals surface area (Å²) in [5.74, 6) is -0.863. The molecule has 1 saturated heterocycles. The Morgan fingerprint density at radius 1 is 1.33 bits per heavy atom. The summed E-state index contributed by atoms with van der Waals surface area (Å²) in [5.41, 5.74) is 0.890. The molecule has 1 saturated carbocycles. The summed E-state index contributed by atoms with van der Waals surface area (Å²) in [6.45, 7) is 0.904. The van der Waals surface area contributed by atoms with Crippen LogP contribution in [0.3, 0.4) is 0 Å². The molecule has 6 nitrogen and oxygen atoms in total. The number of nitrogens with zero attached hydrogens (tertiary/aromatic N) is 3. The normalized spacial score (nSPS) is 28.0. The Hall–Kier alpha value is -1.40. The van der Waals surface area contributed by atoms with Crippen molar-refractivity contribution in [1.29, 1.82) is 0 Å². The van der Waals surface area contributed by atoms with Crippen LogP contribution in [0.25, 0.3) is 0 Å². The van der Waals surface area contributed by atoms with E-state index in [1.54, 1.807) is 4.90 Å². The van der Waals surface area contributed by atoms with Gasteiger partial charge < -0.3 is 10.2 Å². The van der Waals surface area contributed by atoms with Gasteiger partial charge in [-0.25, -0.2) is 0 Å². The molecule has 1 aromatic heterocycles. The molecule has 0 amide bonds. The lowest BCUT2D eigenvalue weighted by molar-refractivity contribution is -0.142. The largest absolute Gasteiger partial charge is 0.480 e. The van der Waals surface area contributed by atoms with Gasteiger partial charge in [-0.05, 0) is 18.9 Å². The van der Waals surface area contributed by atoms with Crippen LogP contribution in [0, 0.1) is 0 Å². The van der Waals surface area contributed by atoms with Crippen LogP contribution in [0.4, 0.5) is 0 Å². The van der Waals surface area contributed by atoms with E-state index >= 15 is 0 Å². The highest BCUT2D eigenvalue weighted by atomic mass is 16.4. The van der Waals surface area contributed by atoms with Crippen molar-refractivity contribution < 1.29 is 15.0 Å². The fourth-order valence-electron chi connectivity index (χ4n) is 3.53. The van der Waals surface area contributed by atoms with Crippen molar-refractivity contribution in [3.8, 4) is 0 Å². The van der Waals surface area contributed by atoms with Crippen molar-refractivity contribution in [3.63, 3.8) is 0 Å². The van der Waals surface area contributed by atoms with Crippen LogP contribution in [0.15, 0.2) is 12.3 Å². The molecule has 0 aromatic carbocycles. The molecule has 2 fully saturated rings. The Balaban J connectivity index is 1.65. The second-order valence-electron chi connectivity index (χ2n) is 6.25. The topological polar surface area (TPSA) is 78.6 Å². The first-order valence-corrected chi connectivity index (χ1v) is 7.82. The molecule has 0 spiro atoms. The molecule has 1 aliphatic carbocycles. The van der Waals surface area contributed by atoms with Crippen molar-refractivity contribution >= 4 is 5.97 Å². The first kappa shape index (κ1) is 14.5. The van der Waals surface area contributed by atoms with E-state index < -0.39 is 18.1 Å². The Bertz CT molecular complexity index is 496. The summed E-state index contributed by atoms with van der Waals surface area (Å²) in [5, 5.41) is 23.5. The van der Waals surface area contributed by atoms with Crippen LogP contribution < -0.4 is 0 Å². The number of carboxylic acid groups (broad SMARTS) is 1. The van der Waals surface area contributed by atoms with Gasteiger partial charge in [0.25, 0.3) is 0 Å². The lowest BCUT2D eigenvalue weighted by Gasteiger charge is -2.22. The number of β-amino-alcohol motifs (C(OH)–C–C–N with tert-alkyl or cyclic N) is 1. The van der Waals surface area contributed by atoms with E-state index in [2.05, 4.69) is 5.10 Å². The average Bonchev–Trinajstić information content (AvgIpc) is 3.07. The van der Waals surface area contributed by atoms with Crippen molar-refractivity contribution in [3.05, 3.63) is 18.0 Å². The van der Waals surface area contributed by atoms with Gasteiger partial charge in [0, 0.05) is 25.7 Å². The zero-order chi connectivity index (χ0) is 14.8. The predicted molar refractivity (Wildman–Crippen MR) is 76.8 cm³/mol. The molecule has 0 bridgehead atoms. The molecule has 2 atom stereocenters. The van der Waals surface area contributed by atoms with E-state index in [4.69, 9.17) is 0 Å². The zero-order valence-corrected chi connectivity index (χ0v) is 12.2. The van der Waals surface area contributed by atoms with Gasteiger partial charge in [0.1, 0.15) is 6.04 Å². The van der Waals surface area contributed by atoms with Gasteiger partial charge in [-0.2, -0.15) is 5.10 Å². The number of hydrogen-bond donors (Lipinski definition) is 2. The SMILES string of the molecule is O=C(O)C1CC(O)CN1Cc1ccn(C2CCCCC2)n1. The van der Waals surface area contributed by atoms with Crippen LogP contribution >= 0.6 is 0 Å². The molecule has 0 radical (unpaired) electrons. The summed E-state index contributed by atoms with van der Waals surface area (Å²) in [6, 6.07) is 1.87. The van der Waals surface area contributed by atoms with Crippen molar-refractivity contribution in [1.82, 2.24) is 14.7 Å². The maximum absolute atomic E-state index is 11.2. The maximum Gasteiger partial charge on any atom is 0.321 e. The molecule has 2 heterocycles. The number of carboxylic acids is 1. The minimum Gasteiger partial charge on any atom is -0.480 e. The number of likely N-dealkylation sites (tertiary alicyclic amines) is 1. The lowest BCUT2D eigenvalue weighted by atomic mass is 9.96. The fraction of sp³-hybridized carbons (Fsp3) is 0.733. The number of carbonyl (C=O) groups is 1. The second kappa shape index (κ2) is 6.15. The molecular weight excluding hydrogens is 270 g/mol. The smallest absolute Gasteiger partial charge is 0.321 e. The van der Waals surface area contributed by atoms with Crippen LogP contribution in [-0.4, -0.2) is 49.6 Å². The zero-order valence-electron chi connectivity index (χ0n) is 12.2. The van der Waals surface area contributed by atoms with Crippen molar-refractivity contribution in [2.75, 3.05) is 6.54 Å². The minimum absolute atomic E-state index is 0.304. The summed E-state index contributed by atoms with van der Waals surface area (Å²) in [4.78, 5) is 13.0. The van der Waals surface area contributed by atoms with E-state index in [1.807, 2.05) is 16.9 Å². The van der Waals surface area contributed by atoms with E-state index in [0.29, 0.717) is 25.6 Å². The summed E-state index contributed by atoms with van der Waals surface area (Å²) in [6.07, 6.45) is 7.97. The minimum atomic E-state index is -0.863. The van der Waals surface area contributed by atoms with Gasteiger partial charge in [0.2, 0.25) is 0 Å². The Labute approximate surface area is 124 Å². The quantitative estimate of drug-likeness (QED) is 0.877. The highest BCUT2D eigenvalue weighted by molar-refractivity contribution is 5.74. The van der Waals surface area contributed by atoms with Gasteiger partial charge in [-0.3, -0.25) is 14.4 Å². The molecule has 21 heavy (non-hydrogen) atoms. The van der Waals surface area contributed by atoms with Gasteiger partial charge in [0.05, 0.1) is 17.8 Å². The standard InChI is InChI=1S/C15H23N3O3/c19-13-8-14(15(20)21)17(10-13)9-11-6-7-18(16-11)12-4-2-1-3-5-12/h6-7,12-14,19H,1-5,8-10H2,(H,20,21). The number of aliphatic hydroxyl groups is 1. The fourth-order valence-corrected chi connectivity index (χ4v) is 3.53. The van der Waals surface area contributed by atoms with E-state index in [9.17, 15) is 15.0 Å². The average molecular weight is 293 g/mol. The van der Waals surface area contributed by atoms with Gasteiger partial charge >= 0.3 is 5.97 Å². The Morgan fingerprint density at radius 3 is 2.81 bits per heavy atom. The molecule has 6 heteroatoms. The molecule has 2 unspecified atom stereocenters.